The second-order valence-corrected chi connectivity index (χ2v) is 8.72. The summed E-state index contributed by atoms with van der Waals surface area (Å²) in [4.78, 5) is 36.3. The molecule has 0 saturated carbocycles. The zero-order valence-corrected chi connectivity index (χ0v) is 18.5. The number of alkyl carbamates (subject to hydrolysis) is 1. The van der Waals surface area contributed by atoms with Gasteiger partial charge in [-0.15, -0.1) is 0 Å². The standard InChI is InChI=1S/C25H26F2N2O5/c26-25(27,23(32)29-11-9-16(10-12-29)13-22(30)31)15-28-24(33)34-14-21-19-7-3-1-5-17(19)18-6-2-4-8-20(18)21/h1-8,16,21H,9-15H2,(H,28,33)(H,30,31). The minimum Gasteiger partial charge on any atom is -0.481 e. The highest BCUT2D eigenvalue weighted by Crippen LogP contribution is 2.44. The van der Waals surface area contributed by atoms with Crippen molar-refractivity contribution < 1.29 is 33.0 Å². The molecule has 2 aliphatic rings. The van der Waals surface area contributed by atoms with E-state index in [9.17, 15) is 23.2 Å². The van der Waals surface area contributed by atoms with Gasteiger partial charge in [0.25, 0.3) is 5.91 Å². The van der Waals surface area contributed by atoms with Crippen LogP contribution in [0.3, 0.4) is 0 Å². The van der Waals surface area contributed by atoms with Gasteiger partial charge in [0.1, 0.15) is 6.61 Å². The van der Waals surface area contributed by atoms with Gasteiger partial charge in [0.15, 0.2) is 0 Å². The minimum atomic E-state index is -3.79. The number of piperidine rings is 1. The monoisotopic (exact) mass is 472 g/mol. The van der Waals surface area contributed by atoms with Crippen LogP contribution in [0.15, 0.2) is 48.5 Å². The highest BCUT2D eigenvalue weighted by molar-refractivity contribution is 5.84. The summed E-state index contributed by atoms with van der Waals surface area (Å²) in [6.45, 7) is -1.05. The Kier molecular flexibility index (Phi) is 6.81. The fourth-order valence-electron chi connectivity index (χ4n) is 4.73. The number of ether oxygens (including phenoxy) is 1. The fraction of sp³-hybridized carbons (Fsp3) is 0.400. The SMILES string of the molecule is O=C(O)CC1CCN(C(=O)C(F)(F)CNC(=O)OCC2c3ccccc3-c3ccccc32)CC1. The number of rotatable bonds is 7. The van der Waals surface area contributed by atoms with E-state index in [0.717, 1.165) is 27.2 Å². The average Bonchev–Trinajstić information content (AvgIpc) is 3.15. The van der Waals surface area contributed by atoms with Crippen LogP contribution in [0.1, 0.15) is 36.3 Å². The summed E-state index contributed by atoms with van der Waals surface area (Å²) in [5, 5.41) is 10.9. The highest BCUT2D eigenvalue weighted by atomic mass is 19.3. The molecule has 1 fully saturated rings. The van der Waals surface area contributed by atoms with Crippen molar-refractivity contribution in [2.24, 2.45) is 5.92 Å². The van der Waals surface area contributed by atoms with Gasteiger partial charge in [-0.05, 0) is 41.0 Å². The van der Waals surface area contributed by atoms with Gasteiger partial charge in [-0.2, -0.15) is 8.78 Å². The normalized spacial score (nSPS) is 16.0. The number of carboxylic acid groups (broad SMARTS) is 1. The number of amides is 2. The summed E-state index contributed by atoms with van der Waals surface area (Å²) in [5.41, 5.74) is 4.11. The second kappa shape index (κ2) is 9.79. The lowest BCUT2D eigenvalue weighted by Gasteiger charge is -2.33. The van der Waals surface area contributed by atoms with Crippen molar-refractivity contribution >= 4 is 18.0 Å². The van der Waals surface area contributed by atoms with Crippen molar-refractivity contribution in [3.8, 4) is 11.1 Å². The van der Waals surface area contributed by atoms with E-state index in [0.29, 0.717) is 12.8 Å². The summed E-state index contributed by atoms with van der Waals surface area (Å²) in [6.07, 6.45) is -0.349. The van der Waals surface area contributed by atoms with Gasteiger partial charge in [0.2, 0.25) is 0 Å². The Labute approximate surface area is 195 Å². The maximum absolute atomic E-state index is 14.4. The van der Waals surface area contributed by atoms with Crippen LogP contribution in [-0.2, 0) is 14.3 Å². The molecule has 2 N–H and O–H groups in total. The summed E-state index contributed by atoms with van der Waals surface area (Å²) in [6, 6.07) is 15.5. The van der Waals surface area contributed by atoms with Crippen LogP contribution in [0.4, 0.5) is 13.6 Å². The molecule has 9 heteroatoms. The Bertz CT molecular complexity index is 1040. The number of halogens is 2. The first-order valence-electron chi connectivity index (χ1n) is 11.2. The van der Waals surface area contributed by atoms with E-state index in [4.69, 9.17) is 9.84 Å². The van der Waals surface area contributed by atoms with Gasteiger partial charge in [-0.1, -0.05) is 48.5 Å². The molecular formula is C25H26F2N2O5. The zero-order chi connectivity index (χ0) is 24.3. The quantitative estimate of drug-likeness (QED) is 0.638. The third-order valence-corrected chi connectivity index (χ3v) is 6.48. The molecule has 1 aliphatic heterocycles. The smallest absolute Gasteiger partial charge is 0.407 e. The maximum atomic E-state index is 14.4. The molecule has 34 heavy (non-hydrogen) atoms. The number of hydrogen-bond acceptors (Lipinski definition) is 4. The Morgan fingerprint density at radius 1 is 1.00 bits per heavy atom. The van der Waals surface area contributed by atoms with E-state index in [2.05, 4.69) is 0 Å². The second-order valence-electron chi connectivity index (χ2n) is 8.72. The van der Waals surface area contributed by atoms with E-state index in [1.54, 1.807) is 0 Å². The van der Waals surface area contributed by atoms with Crippen molar-refractivity contribution in [3.63, 3.8) is 0 Å². The number of nitrogens with zero attached hydrogens (tertiary/aromatic N) is 1. The van der Waals surface area contributed by atoms with Crippen LogP contribution in [0.2, 0.25) is 0 Å². The van der Waals surface area contributed by atoms with E-state index >= 15 is 0 Å². The summed E-state index contributed by atoms with van der Waals surface area (Å²) in [5.74, 6) is -6.44. The zero-order valence-electron chi connectivity index (χ0n) is 18.5. The first kappa shape index (κ1) is 23.7. The molecule has 1 saturated heterocycles. The van der Waals surface area contributed by atoms with E-state index in [-0.39, 0.29) is 38.0 Å². The van der Waals surface area contributed by atoms with Gasteiger partial charge >= 0.3 is 18.0 Å². The number of carboxylic acids is 1. The molecule has 2 aromatic rings. The molecule has 0 spiro atoms. The lowest BCUT2D eigenvalue weighted by molar-refractivity contribution is -0.158. The Morgan fingerprint density at radius 3 is 2.12 bits per heavy atom. The molecule has 0 unspecified atom stereocenters. The van der Waals surface area contributed by atoms with Crippen LogP contribution in [-0.4, -0.2) is 60.1 Å². The van der Waals surface area contributed by atoms with Crippen molar-refractivity contribution in [3.05, 3.63) is 59.7 Å². The lowest BCUT2D eigenvalue weighted by atomic mass is 9.93. The number of likely N-dealkylation sites (tertiary alicyclic amines) is 1. The van der Waals surface area contributed by atoms with E-state index in [1.165, 1.54) is 0 Å². The Hall–Kier alpha value is -3.49. The van der Waals surface area contributed by atoms with Crippen LogP contribution in [0.25, 0.3) is 11.1 Å². The first-order chi connectivity index (χ1) is 16.3. The maximum Gasteiger partial charge on any atom is 0.407 e. The number of hydrogen-bond donors (Lipinski definition) is 2. The molecule has 0 radical (unpaired) electrons. The number of nitrogens with one attached hydrogen (secondary N) is 1. The van der Waals surface area contributed by atoms with Gasteiger partial charge in [-0.25, -0.2) is 4.79 Å². The third-order valence-electron chi connectivity index (χ3n) is 6.48. The number of fused-ring (bicyclic) bond motifs is 3. The molecule has 2 amide bonds. The van der Waals surface area contributed by atoms with Crippen LogP contribution >= 0.6 is 0 Å². The molecule has 1 aliphatic carbocycles. The molecule has 1 heterocycles. The van der Waals surface area contributed by atoms with Gasteiger partial charge in [0.05, 0.1) is 6.54 Å². The Balaban J connectivity index is 1.29. The van der Waals surface area contributed by atoms with E-state index < -0.39 is 30.4 Å². The van der Waals surface area contributed by atoms with Gasteiger partial charge in [0, 0.05) is 25.4 Å². The fourth-order valence-corrected chi connectivity index (χ4v) is 4.73. The molecule has 0 bridgehead atoms. The Morgan fingerprint density at radius 2 is 1.56 bits per heavy atom. The largest absolute Gasteiger partial charge is 0.481 e. The predicted octanol–water partition coefficient (Wildman–Crippen LogP) is 3.87. The van der Waals surface area contributed by atoms with Crippen LogP contribution < -0.4 is 5.32 Å². The number of carbonyl (C=O) groups excluding carboxylic acids is 2. The predicted molar refractivity (Wildman–Crippen MR) is 120 cm³/mol. The molecule has 2 aromatic carbocycles. The molecular weight excluding hydrogens is 446 g/mol. The lowest BCUT2D eigenvalue weighted by Crippen LogP contribution is -2.52. The minimum absolute atomic E-state index is 0.0174. The van der Waals surface area contributed by atoms with Crippen molar-refractivity contribution in [2.75, 3.05) is 26.2 Å². The summed E-state index contributed by atoms with van der Waals surface area (Å²) >= 11 is 0. The summed E-state index contributed by atoms with van der Waals surface area (Å²) < 4.78 is 34.1. The van der Waals surface area contributed by atoms with Crippen LogP contribution in [0, 0.1) is 5.92 Å². The first-order valence-corrected chi connectivity index (χ1v) is 11.2. The molecule has 180 valence electrons. The highest BCUT2D eigenvalue weighted by Gasteiger charge is 2.43. The number of alkyl halides is 2. The number of aliphatic carboxylic acids is 1. The number of carbonyl (C=O) groups is 3. The number of benzene rings is 2. The van der Waals surface area contributed by atoms with E-state index in [1.807, 2.05) is 53.8 Å². The van der Waals surface area contributed by atoms with Crippen molar-refractivity contribution in [1.82, 2.24) is 10.2 Å². The summed E-state index contributed by atoms with van der Waals surface area (Å²) in [7, 11) is 0. The average molecular weight is 472 g/mol. The topological polar surface area (TPSA) is 95.9 Å². The third kappa shape index (κ3) is 5.03. The van der Waals surface area contributed by atoms with Gasteiger partial charge < -0.3 is 20.1 Å². The van der Waals surface area contributed by atoms with Crippen molar-refractivity contribution in [1.29, 1.82) is 0 Å². The molecule has 0 atom stereocenters. The molecule has 7 nitrogen and oxygen atoms in total. The van der Waals surface area contributed by atoms with Crippen LogP contribution in [0.5, 0.6) is 0 Å². The van der Waals surface area contributed by atoms with Crippen molar-refractivity contribution in [2.45, 2.75) is 31.1 Å². The molecule has 0 aromatic heterocycles. The molecule has 4 rings (SSSR count). The van der Waals surface area contributed by atoms with Gasteiger partial charge in [-0.3, -0.25) is 9.59 Å².